The number of nitrogens with zero attached hydrogens (tertiary/aromatic N) is 4. The Labute approximate surface area is 152 Å². The maximum absolute atomic E-state index is 12.6. The van der Waals surface area contributed by atoms with Crippen LogP contribution in [0, 0.1) is 0 Å². The molecule has 26 heavy (non-hydrogen) atoms. The highest BCUT2D eigenvalue weighted by atomic mass is 16.5. The van der Waals surface area contributed by atoms with Crippen molar-refractivity contribution in [3.05, 3.63) is 48.7 Å². The Morgan fingerprint density at radius 3 is 2.69 bits per heavy atom. The highest BCUT2D eigenvalue weighted by Gasteiger charge is 2.42. The third-order valence-corrected chi connectivity index (χ3v) is 5.16. The number of carbonyl (C=O) groups excluding carboxylic acids is 1. The minimum Gasteiger partial charge on any atom is -0.473 e. The molecule has 2 saturated heterocycles. The van der Waals surface area contributed by atoms with Crippen LogP contribution in [0.2, 0.25) is 0 Å². The van der Waals surface area contributed by atoms with E-state index in [0.717, 1.165) is 25.7 Å². The summed E-state index contributed by atoms with van der Waals surface area (Å²) in [5, 5.41) is 0. The molecule has 2 aromatic heterocycles. The predicted octanol–water partition coefficient (Wildman–Crippen LogP) is 2.10. The third kappa shape index (κ3) is 3.67. The van der Waals surface area contributed by atoms with Gasteiger partial charge in [0.05, 0.1) is 18.4 Å². The highest BCUT2D eigenvalue weighted by Crippen LogP contribution is 2.36. The Morgan fingerprint density at radius 2 is 1.96 bits per heavy atom. The predicted molar refractivity (Wildman–Crippen MR) is 93.7 cm³/mol. The number of ether oxygens (including phenoxy) is 2. The van der Waals surface area contributed by atoms with Crippen LogP contribution in [0.25, 0.3) is 0 Å². The van der Waals surface area contributed by atoms with Gasteiger partial charge in [0.25, 0.3) is 5.91 Å². The van der Waals surface area contributed by atoms with E-state index in [1.54, 1.807) is 43.1 Å². The lowest BCUT2D eigenvalue weighted by molar-refractivity contribution is -0.135. The van der Waals surface area contributed by atoms with Crippen LogP contribution < -0.4 is 4.74 Å². The molecule has 0 radical (unpaired) electrons. The van der Waals surface area contributed by atoms with Crippen LogP contribution in [-0.4, -0.2) is 57.2 Å². The number of piperidine rings is 1. The molecule has 1 amide bonds. The first-order valence-corrected chi connectivity index (χ1v) is 9.00. The maximum atomic E-state index is 12.6. The number of pyridine rings is 1. The zero-order chi connectivity index (χ0) is 17.8. The highest BCUT2D eigenvalue weighted by molar-refractivity contribution is 5.94. The Hall–Kier alpha value is -2.54. The van der Waals surface area contributed by atoms with E-state index >= 15 is 0 Å². The Balaban J connectivity index is 1.36. The maximum Gasteiger partial charge on any atom is 0.253 e. The lowest BCUT2D eigenvalue weighted by Gasteiger charge is -2.45. The molecule has 1 unspecified atom stereocenters. The Bertz CT molecular complexity index is 733. The lowest BCUT2D eigenvalue weighted by atomic mass is 9.83. The standard InChI is InChI=1S/C19H22N4O3/c24-18(15-1-6-20-7-2-15)23-10-4-19(5-11-23)13-16(3-12-25-19)26-17-14-21-8-9-22-17/h1-2,6-9,14,16H,3-5,10-13H2. The van der Waals surface area contributed by atoms with Gasteiger partial charge in [-0.25, -0.2) is 4.98 Å². The van der Waals surface area contributed by atoms with E-state index in [9.17, 15) is 4.79 Å². The molecule has 2 aliphatic heterocycles. The van der Waals surface area contributed by atoms with E-state index in [2.05, 4.69) is 15.0 Å². The molecule has 1 atom stereocenters. The second kappa shape index (κ2) is 7.37. The average molecular weight is 354 g/mol. The van der Waals surface area contributed by atoms with E-state index in [1.807, 2.05) is 4.90 Å². The van der Waals surface area contributed by atoms with Crippen molar-refractivity contribution < 1.29 is 14.3 Å². The quantitative estimate of drug-likeness (QED) is 0.840. The summed E-state index contributed by atoms with van der Waals surface area (Å²) in [4.78, 5) is 26.7. The Kier molecular flexibility index (Phi) is 4.79. The first-order valence-electron chi connectivity index (χ1n) is 9.00. The molecule has 2 aromatic rings. The second-order valence-electron chi connectivity index (χ2n) is 6.84. The van der Waals surface area contributed by atoms with E-state index in [0.29, 0.717) is 31.1 Å². The van der Waals surface area contributed by atoms with Gasteiger partial charge in [-0.3, -0.25) is 14.8 Å². The second-order valence-corrected chi connectivity index (χ2v) is 6.84. The van der Waals surface area contributed by atoms with Crippen LogP contribution in [0.15, 0.2) is 43.1 Å². The van der Waals surface area contributed by atoms with Crippen molar-refractivity contribution in [2.24, 2.45) is 0 Å². The minimum atomic E-state index is -0.208. The number of carbonyl (C=O) groups is 1. The molecule has 136 valence electrons. The molecule has 2 fully saturated rings. The van der Waals surface area contributed by atoms with Crippen LogP contribution in [-0.2, 0) is 4.74 Å². The van der Waals surface area contributed by atoms with Gasteiger partial charge in [-0.2, -0.15) is 0 Å². The SMILES string of the molecule is O=C(c1ccncc1)N1CCC2(CC1)CC(Oc1cnccn1)CCO2. The molecule has 0 aromatic carbocycles. The molecule has 7 nitrogen and oxygen atoms in total. The Morgan fingerprint density at radius 1 is 1.15 bits per heavy atom. The molecular formula is C19H22N4O3. The summed E-state index contributed by atoms with van der Waals surface area (Å²) >= 11 is 0. The van der Waals surface area contributed by atoms with Gasteiger partial charge in [-0.1, -0.05) is 0 Å². The molecule has 0 aliphatic carbocycles. The van der Waals surface area contributed by atoms with Gasteiger partial charge >= 0.3 is 0 Å². The smallest absolute Gasteiger partial charge is 0.253 e. The van der Waals surface area contributed by atoms with Gasteiger partial charge in [0, 0.05) is 56.3 Å². The summed E-state index contributed by atoms with van der Waals surface area (Å²) in [6, 6.07) is 3.52. The fourth-order valence-electron chi connectivity index (χ4n) is 3.74. The molecule has 1 spiro atoms. The number of aromatic nitrogens is 3. The number of hydrogen-bond donors (Lipinski definition) is 0. The van der Waals surface area contributed by atoms with Crippen molar-refractivity contribution in [1.29, 1.82) is 0 Å². The largest absolute Gasteiger partial charge is 0.473 e. The molecule has 4 rings (SSSR count). The zero-order valence-corrected chi connectivity index (χ0v) is 14.6. The van der Waals surface area contributed by atoms with E-state index < -0.39 is 0 Å². The topological polar surface area (TPSA) is 77.4 Å². The molecular weight excluding hydrogens is 332 g/mol. The van der Waals surface area contributed by atoms with Gasteiger partial charge in [-0.15, -0.1) is 0 Å². The summed E-state index contributed by atoms with van der Waals surface area (Å²) in [5.41, 5.74) is 0.476. The van der Waals surface area contributed by atoms with Gasteiger partial charge in [-0.05, 0) is 25.0 Å². The van der Waals surface area contributed by atoms with Crippen molar-refractivity contribution >= 4 is 5.91 Å². The summed E-state index contributed by atoms with van der Waals surface area (Å²) in [6.07, 6.45) is 11.6. The third-order valence-electron chi connectivity index (χ3n) is 5.16. The molecule has 0 N–H and O–H groups in total. The summed E-state index contributed by atoms with van der Waals surface area (Å²) < 4.78 is 12.1. The number of rotatable bonds is 3. The van der Waals surface area contributed by atoms with E-state index in [-0.39, 0.29) is 17.6 Å². The minimum absolute atomic E-state index is 0.0606. The number of likely N-dealkylation sites (tertiary alicyclic amines) is 1. The van der Waals surface area contributed by atoms with Crippen molar-refractivity contribution in [3.63, 3.8) is 0 Å². The van der Waals surface area contributed by atoms with Crippen molar-refractivity contribution in [2.45, 2.75) is 37.4 Å². The van der Waals surface area contributed by atoms with Crippen molar-refractivity contribution in [2.75, 3.05) is 19.7 Å². The van der Waals surface area contributed by atoms with Crippen LogP contribution in [0.5, 0.6) is 5.88 Å². The zero-order valence-electron chi connectivity index (χ0n) is 14.6. The normalized spacial score (nSPS) is 22.2. The fraction of sp³-hybridized carbons (Fsp3) is 0.474. The van der Waals surface area contributed by atoms with Gasteiger partial charge in [0.15, 0.2) is 0 Å². The summed E-state index contributed by atoms with van der Waals surface area (Å²) in [5.74, 6) is 0.616. The molecule has 2 aliphatic rings. The summed E-state index contributed by atoms with van der Waals surface area (Å²) in [6.45, 7) is 2.06. The molecule has 4 heterocycles. The molecule has 0 saturated carbocycles. The van der Waals surface area contributed by atoms with Crippen molar-refractivity contribution in [1.82, 2.24) is 19.9 Å². The van der Waals surface area contributed by atoms with Crippen molar-refractivity contribution in [3.8, 4) is 5.88 Å². The average Bonchev–Trinajstić information content (AvgIpc) is 2.70. The lowest BCUT2D eigenvalue weighted by Crippen LogP contribution is -2.52. The van der Waals surface area contributed by atoms with E-state index in [4.69, 9.17) is 9.47 Å². The molecule has 7 heteroatoms. The van der Waals surface area contributed by atoms with E-state index in [1.165, 1.54) is 0 Å². The summed E-state index contributed by atoms with van der Waals surface area (Å²) in [7, 11) is 0. The first kappa shape index (κ1) is 16.9. The van der Waals surface area contributed by atoms with Gasteiger partial charge < -0.3 is 14.4 Å². The fourth-order valence-corrected chi connectivity index (χ4v) is 3.74. The van der Waals surface area contributed by atoms with Gasteiger partial charge in [0.1, 0.15) is 6.10 Å². The van der Waals surface area contributed by atoms with Crippen LogP contribution in [0.1, 0.15) is 36.0 Å². The number of amides is 1. The van der Waals surface area contributed by atoms with Crippen LogP contribution in [0.4, 0.5) is 0 Å². The monoisotopic (exact) mass is 354 g/mol. The van der Waals surface area contributed by atoms with Gasteiger partial charge in [0.2, 0.25) is 5.88 Å². The van der Waals surface area contributed by atoms with Crippen LogP contribution in [0.3, 0.4) is 0 Å². The number of hydrogen-bond acceptors (Lipinski definition) is 6. The molecule has 0 bridgehead atoms. The first-order chi connectivity index (χ1) is 12.7. The van der Waals surface area contributed by atoms with Crippen LogP contribution >= 0.6 is 0 Å².